The maximum absolute atomic E-state index is 11.3. The number of carbonyl (C=O) groups excluding carboxylic acids is 1. The number of rotatable bonds is 1. The van der Waals surface area contributed by atoms with E-state index in [0.717, 1.165) is 0 Å². The largest absolute Gasteiger partial charge is 0.444 e. The lowest BCUT2D eigenvalue weighted by Crippen LogP contribution is -2.44. The van der Waals surface area contributed by atoms with E-state index in [0.29, 0.717) is 6.61 Å². The Balaban J connectivity index is 0.00000196. The van der Waals surface area contributed by atoms with Crippen LogP contribution in [0.1, 0.15) is 20.8 Å². The molecular formula is C9H19NO4S. The third-order valence-electron chi connectivity index (χ3n) is 1.75. The van der Waals surface area contributed by atoms with Crippen LogP contribution < -0.4 is 5.32 Å². The zero-order valence-electron chi connectivity index (χ0n) is 9.24. The van der Waals surface area contributed by atoms with Gasteiger partial charge in [-0.3, -0.25) is 0 Å². The molecule has 90 valence electrons. The van der Waals surface area contributed by atoms with Crippen LogP contribution in [0.2, 0.25) is 0 Å². The SMILES string of the molecule is CC(C)(C)OC(=O)N[C@H]1COC[C@@H]1O.S. The van der Waals surface area contributed by atoms with E-state index in [2.05, 4.69) is 5.32 Å². The number of carbonyl (C=O) groups is 1. The maximum Gasteiger partial charge on any atom is 0.408 e. The summed E-state index contributed by atoms with van der Waals surface area (Å²) < 4.78 is 10.0. The van der Waals surface area contributed by atoms with Crippen molar-refractivity contribution in [3.05, 3.63) is 0 Å². The number of ether oxygens (including phenoxy) is 2. The highest BCUT2D eigenvalue weighted by Gasteiger charge is 2.29. The molecule has 1 amide bonds. The predicted octanol–water partition coefficient (Wildman–Crippen LogP) is 0.384. The van der Waals surface area contributed by atoms with Gasteiger partial charge in [0, 0.05) is 0 Å². The minimum Gasteiger partial charge on any atom is -0.444 e. The van der Waals surface area contributed by atoms with E-state index in [9.17, 15) is 9.90 Å². The van der Waals surface area contributed by atoms with Gasteiger partial charge in [0.25, 0.3) is 0 Å². The average Bonchev–Trinajstić information content (AvgIpc) is 2.32. The molecule has 1 fully saturated rings. The Morgan fingerprint density at radius 2 is 2.07 bits per heavy atom. The van der Waals surface area contributed by atoms with Crippen LogP contribution in [0.3, 0.4) is 0 Å². The molecule has 0 aromatic heterocycles. The number of hydrogen-bond donors (Lipinski definition) is 2. The Hall–Kier alpha value is -0.460. The van der Waals surface area contributed by atoms with Gasteiger partial charge in [0.2, 0.25) is 0 Å². The van der Waals surface area contributed by atoms with Gasteiger partial charge >= 0.3 is 6.09 Å². The first-order valence-corrected chi connectivity index (χ1v) is 4.64. The van der Waals surface area contributed by atoms with E-state index in [4.69, 9.17) is 9.47 Å². The number of aliphatic hydroxyl groups is 1. The molecule has 15 heavy (non-hydrogen) atoms. The fourth-order valence-electron chi connectivity index (χ4n) is 1.14. The fraction of sp³-hybridized carbons (Fsp3) is 0.889. The Morgan fingerprint density at radius 3 is 2.47 bits per heavy atom. The lowest BCUT2D eigenvalue weighted by molar-refractivity contribution is 0.0461. The number of nitrogens with one attached hydrogen (secondary N) is 1. The first kappa shape index (κ1) is 14.5. The van der Waals surface area contributed by atoms with Gasteiger partial charge in [0.05, 0.1) is 25.4 Å². The molecule has 2 atom stereocenters. The van der Waals surface area contributed by atoms with Gasteiger partial charge in [0.15, 0.2) is 0 Å². The van der Waals surface area contributed by atoms with Crippen molar-refractivity contribution in [3.8, 4) is 0 Å². The van der Waals surface area contributed by atoms with Gasteiger partial charge in [-0.1, -0.05) is 0 Å². The van der Waals surface area contributed by atoms with Crippen LogP contribution in [0.5, 0.6) is 0 Å². The third-order valence-corrected chi connectivity index (χ3v) is 1.75. The third kappa shape index (κ3) is 5.25. The highest BCUT2D eigenvalue weighted by Crippen LogP contribution is 2.09. The molecule has 0 saturated carbocycles. The van der Waals surface area contributed by atoms with Crippen molar-refractivity contribution < 1.29 is 19.4 Å². The van der Waals surface area contributed by atoms with Crippen molar-refractivity contribution in [2.24, 2.45) is 0 Å². The van der Waals surface area contributed by atoms with Crippen molar-refractivity contribution in [3.63, 3.8) is 0 Å². The molecule has 0 aromatic rings. The van der Waals surface area contributed by atoms with Crippen LogP contribution in [0.15, 0.2) is 0 Å². The molecule has 1 heterocycles. The molecule has 0 aliphatic carbocycles. The van der Waals surface area contributed by atoms with Crippen LogP contribution in [-0.2, 0) is 9.47 Å². The van der Waals surface area contributed by atoms with Gasteiger partial charge in [-0.05, 0) is 20.8 Å². The topological polar surface area (TPSA) is 67.8 Å². The van der Waals surface area contributed by atoms with Crippen molar-refractivity contribution in [1.82, 2.24) is 5.32 Å². The van der Waals surface area contributed by atoms with Gasteiger partial charge in [-0.25, -0.2) is 4.79 Å². The molecule has 2 N–H and O–H groups in total. The minimum atomic E-state index is -0.637. The number of hydrogen-bond acceptors (Lipinski definition) is 4. The van der Waals surface area contributed by atoms with E-state index < -0.39 is 17.8 Å². The monoisotopic (exact) mass is 237 g/mol. The Morgan fingerprint density at radius 1 is 1.47 bits per heavy atom. The summed E-state index contributed by atoms with van der Waals surface area (Å²) in [5, 5.41) is 11.9. The summed E-state index contributed by atoms with van der Waals surface area (Å²) in [6.45, 7) is 5.96. The number of amides is 1. The summed E-state index contributed by atoms with van der Waals surface area (Å²) in [4.78, 5) is 11.3. The second-order valence-electron chi connectivity index (χ2n) is 4.36. The molecular weight excluding hydrogens is 218 g/mol. The summed E-state index contributed by atoms with van der Waals surface area (Å²) in [6, 6.07) is -0.357. The van der Waals surface area contributed by atoms with Crippen molar-refractivity contribution in [1.29, 1.82) is 0 Å². The first-order valence-electron chi connectivity index (χ1n) is 4.64. The molecule has 1 rings (SSSR count). The standard InChI is InChI=1S/C9H17NO4.H2S/c1-9(2,3)14-8(12)10-6-4-13-5-7(6)11;/h6-7,11H,4-5H2,1-3H3,(H,10,12);1H2/t6-,7-;/m0./s1. The molecule has 6 heteroatoms. The second kappa shape index (κ2) is 5.58. The highest BCUT2D eigenvalue weighted by atomic mass is 32.1. The Bertz CT molecular complexity index is 217. The van der Waals surface area contributed by atoms with Crippen molar-refractivity contribution >= 4 is 19.6 Å². The first-order chi connectivity index (χ1) is 6.38. The van der Waals surface area contributed by atoms with Gasteiger partial charge in [-0.15, -0.1) is 0 Å². The fourth-order valence-corrected chi connectivity index (χ4v) is 1.14. The van der Waals surface area contributed by atoms with Crippen LogP contribution in [0.25, 0.3) is 0 Å². The second-order valence-corrected chi connectivity index (χ2v) is 4.36. The quantitative estimate of drug-likeness (QED) is 0.692. The van der Waals surface area contributed by atoms with E-state index in [1.54, 1.807) is 20.8 Å². The Labute approximate surface area is 96.6 Å². The molecule has 1 aliphatic rings. The molecule has 5 nitrogen and oxygen atoms in total. The maximum atomic E-state index is 11.3. The average molecular weight is 237 g/mol. The predicted molar refractivity (Wildman–Crippen MR) is 60.4 cm³/mol. The molecule has 1 saturated heterocycles. The zero-order chi connectivity index (χ0) is 10.8. The minimum absolute atomic E-state index is 0. The molecule has 1 aliphatic heterocycles. The van der Waals surface area contributed by atoms with Crippen molar-refractivity contribution in [2.45, 2.75) is 38.5 Å². The summed E-state index contributed by atoms with van der Waals surface area (Å²) in [7, 11) is 0. The van der Waals surface area contributed by atoms with Gasteiger partial charge in [0.1, 0.15) is 5.60 Å². The van der Waals surface area contributed by atoms with Crippen LogP contribution in [0, 0.1) is 0 Å². The number of alkyl carbamates (subject to hydrolysis) is 1. The lowest BCUT2D eigenvalue weighted by Gasteiger charge is -2.22. The molecule has 0 bridgehead atoms. The molecule has 0 spiro atoms. The van der Waals surface area contributed by atoms with Crippen molar-refractivity contribution in [2.75, 3.05) is 13.2 Å². The number of aliphatic hydroxyl groups excluding tert-OH is 1. The normalized spacial score (nSPS) is 25.6. The summed E-state index contributed by atoms with van der Waals surface area (Å²) in [5.41, 5.74) is -0.519. The van der Waals surface area contributed by atoms with E-state index in [-0.39, 0.29) is 26.1 Å². The van der Waals surface area contributed by atoms with Gasteiger partial charge < -0.3 is 19.9 Å². The van der Waals surface area contributed by atoms with Gasteiger partial charge in [-0.2, -0.15) is 13.5 Å². The van der Waals surface area contributed by atoms with E-state index in [1.807, 2.05) is 0 Å². The van der Waals surface area contributed by atoms with E-state index in [1.165, 1.54) is 0 Å². The molecule has 0 radical (unpaired) electrons. The van der Waals surface area contributed by atoms with Crippen LogP contribution in [0.4, 0.5) is 4.79 Å². The summed E-state index contributed by atoms with van der Waals surface area (Å²) >= 11 is 0. The van der Waals surface area contributed by atoms with Crippen LogP contribution in [-0.4, -0.2) is 42.2 Å². The van der Waals surface area contributed by atoms with E-state index >= 15 is 0 Å². The molecule has 0 aromatic carbocycles. The summed E-state index contributed by atoms with van der Waals surface area (Å²) in [5.74, 6) is 0. The zero-order valence-corrected chi connectivity index (χ0v) is 10.2. The summed E-state index contributed by atoms with van der Waals surface area (Å²) in [6.07, 6.45) is -1.16. The molecule has 0 unspecified atom stereocenters. The Kier molecular flexibility index (Phi) is 5.41. The smallest absolute Gasteiger partial charge is 0.408 e. The highest BCUT2D eigenvalue weighted by molar-refractivity contribution is 7.59. The van der Waals surface area contributed by atoms with Crippen LogP contribution >= 0.6 is 13.5 Å². The lowest BCUT2D eigenvalue weighted by atomic mass is 10.2.